The molecule has 0 bridgehead atoms. The van der Waals surface area contributed by atoms with Crippen LogP contribution in [0.25, 0.3) is 22.2 Å². The van der Waals surface area contributed by atoms with Crippen LogP contribution in [0.4, 0.5) is 15.1 Å². The van der Waals surface area contributed by atoms with Crippen molar-refractivity contribution in [2.45, 2.75) is 57.3 Å². The number of nitrogens with one attached hydrogen (secondary N) is 1. The molecule has 1 saturated heterocycles. The van der Waals surface area contributed by atoms with Crippen LogP contribution >= 0.6 is 0 Å². The van der Waals surface area contributed by atoms with Gasteiger partial charge in [-0.1, -0.05) is 72.8 Å². The molecule has 2 heterocycles. The molecule has 2 aliphatic rings. The van der Waals surface area contributed by atoms with Gasteiger partial charge in [0.05, 0.1) is 11.0 Å². The zero-order chi connectivity index (χ0) is 32.5. The number of nitrogens with zero attached hydrogens (tertiary/aromatic N) is 4. The number of piperazine rings is 1. The van der Waals surface area contributed by atoms with Gasteiger partial charge in [-0.25, -0.2) is 14.2 Å². The minimum absolute atomic E-state index is 0.258. The van der Waals surface area contributed by atoms with Gasteiger partial charge in [-0.2, -0.15) is 0 Å². The second-order valence-corrected chi connectivity index (χ2v) is 13.0. The summed E-state index contributed by atoms with van der Waals surface area (Å²) in [5.74, 6) is 0.724. The lowest BCUT2D eigenvalue weighted by Gasteiger charge is -2.45. The van der Waals surface area contributed by atoms with Gasteiger partial charge in [-0.05, 0) is 80.6 Å². The van der Waals surface area contributed by atoms with Gasteiger partial charge in [0, 0.05) is 49.9 Å². The number of para-hydroxylation sites is 2. The third kappa shape index (κ3) is 5.87. The summed E-state index contributed by atoms with van der Waals surface area (Å²) in [5.41, 5.74) is 6.36. The number of imidazole rings is 1. The van der Waals surface area contributed by atoms with Crippen LogP contribution in [-0.4, -0.2) is 52.3 Å². The Morgan fingerprint density at radius 3 is 2.15 bits per heavy atom. The average molecular weight is 632 g/mol. The van der Waals surface area contributed by atoms with Gasteiger partial charge >= 0.3 is 6.09 Å². The third-order valence-corrected chi connectivity index (χ3v) is 9.97. The van der Waals surface area contributed by atoms with Crippen LogP contribution in [0, 0.1) is 5.82 Å². The number of fused-ring (bicyclic) bond motifs is 4. The van der Waals surface area contributed by atoms with Crippen molar-refractivity contribution in [1.82, 2.24) is 19.8 Å². The number of hydrogen-bond acceptors (Lipinski definition) is 5. The molecule has 0 saturated carbocycles. The molecule has 1 aromatic heterocycles. The molecule has 1 aliphatic heterocycles. The number of hydrogen-bond donors (Lipinski definition) is 1. The zero-order valence-electron chi connectivity index (χ0n) is 27.3. The SMILES string of the molecule is C[C@@H]1CN(c2nc3ccccc3n2C)C[C@H](C)N1CCCCC1(OC(=O)NCc2ccc(F)cc2)c2ccccc2-c2ccccc21. The molecule has 1 amide bonds. The fourth-order valence-electron chi connectivity index (χ4n) is 7.73. The number of unbranched alkanes of at least 4 members (excludes halogenated alkanes) is 1. The summed E-state index contributed by atoms with van der Waals surface area (Å²) in [4.78, 5) is 23.4. The highest BCUT2D eigenvalue weighted by Gasteiger charge is 2.46. The first-order valence-corrected chi connectivity index (χ1v) is 16.7. The normalized spacial score (nSPS) is 18.6. The summed E-state index contributed by atoms with van der Waals surface area (Å²) < 4.78 is 22.1. The smallest absolute Gasteiger partial charge is 0.408 e. The molecule has 5 aromatic rings. The number of alkyl carbamates (subject to hydrolysis) is 1. The minimum atomic E-state index is -0.893. The van der Waals surface area contributed by atoms with E-state index in [1.165, 1.54) is 12.1 Å². The second kappa shape index (κ2) is 12.8. The number of amides is 1. The van der Waals surface area contributed by atoms with Gasteiger partial charge in [-0.15, -0.1) is 0 Å². The van der Waals surface area contributed by atoms with E-state index in [9.17, 15) is 9.18 Å². The zero-order valence-corrected chi connectivity index (χ0v) is 27.3. The molecule has 0 spiro atoms. The number of aryl methyl sites for hydroxylation is 1. The maximum Gasteiger partial charge on any atom is 0.408 e. The molecule has 8 heteroatoms. The van der Waals surface area contributed by atoms with Crippen molar-refractivity contribution < 1.29 is 13.9 Å². The lowest BCUT2D eigenvalue weighted by molar-refractivity contribution is 0.0317. The number of ether oxygens (including phenoxy) is 1. The lowest BCUT2D eigenvalue weighted by Crippen LogP contribution is -2.57. The molecule has 47 heavy (non-hydrogen) atoms. The highest BCUT2D eigenvalue weighted by molar-refractivity contribution is 5.82. The van der Waals surface area contributed by atoms with Crippen molar-refractivity contribution in [2.24, 2.45) is 7.05 Å². The predicted molar refractivity (Wildman–Crippen MR) is 185 cm³/mol. The number of rotatable bonds is 9. The molecular weight excluding hydrogens is 589 g/mol. The van der Waals surface area contributed by atoms with Crippen molar-refractivity contribution in [3.05, 3.63) is 120 Å². The third-order valence-electron chi connectivity index (χ3n) is 9.97. The first-order chi connectivity index (χ1) is 22.8. The van der Waals surface area contributed by atoms with E-state index in [2.05, 4.69) is 83.0 Å². The van der Waals surface area contributed by atoms with Gasteiger partial charge in [0.1, 0.15) is 5.82 Å². The Balaban J connectivity index is 1.05. The molecule has 1 N–H and O–H groups in total. The number of aromatic nitrogens is 2. The molecule has 242 valence electrons. The summed E-state index contributed by atoms with van der Waals surface area (Å²) in [6.07, 6.45) is 2.06. The van der Waals surface area contributed by atoms with E-state index in [1.54, 1.807) is 12.1 Å². The van der Waals surface area contributed by atoms with Crippen LogP contribution in [0.5, 0.6) is 0 Å². The van der Waals surface area contributed by atoms with E-state index >= 15 is 0 Å². The van der Waals surface area contributed by atoms with E-state index < -0.39 is 11.7 Å². The molecule has 2 atom stereocenters. The summed E-state index contributed by atoms with van der Waals surface area (Å²) in [6.45, 7) is 7.69. The highest BCUT2D eigenvalue weighted by Crippen LogP contribution is 2.52. The van der Waals surface area contributed by atoms with E-state index in [4.69, 9.17) is 9.72 Å². The summed E-state index contributed by atoms with van der Waals surface area (Å²) in [6, 6.07) is 31.7. The fraction of sp³-hybridized carbons (Fsp3) is 0.333. The van der Waals surface area contributed by atoms with Crippen molar-refractivity contribution in [3.8, 4) is 11.1 Å². The van der Waals surface area contributed by atoms with Crippen LogP contribution in [0.1, 0.15) is 49.8 Å². The van der Waals surface area contributed by atoms with E-state index in [0.717, 1.165) is 77.3 Å². The number of benzene rings is 4. The standard InChI is InChI=1S/C39H42FN5O2/c1-27-25-44(37-42-35-16-8-9-17-36(35)43(37)3)26-28(2)45(27)23-11-10-22-39(47-38(46)41-24-29-18-20-30(40)21-19-29)33-14-6-4-12-31(33)32-13-5-7-15-34(32)39/h4-9,12-21,27-28H,10-11,22-26H2,1-3H3,(H,41,46)/t27-,28+. The molecule has 1 fully saturated rings. The minimum Gasteiger partial charge on any atom is -0.433 e. The van der Waals surface area contributed by atoms with Gasteiger partial charge in [0.25, 0.3) is 0 Å². The summed E-state index contributed by atoms with van der Waals surface area (Å²) >= 11 is 0. The Hall–Kier alpha value is -4.69. The molecule has 7 rings (SSSR count). The van der Waals surface area contributed by atoms with Crippen molar-refractivity contribution in [3.63, 3.8) is 0 Å². The maximum absolute atomic E-state index is 13.4. The van der Waals surface area contributed by atoms with Crippen LogP contribution < -0.4 is 10.2 Å². The first kappa shape index (κ1) is 30.9. The summed E-state index contributed by atoms with van der Waals surface area (Å²) in [7, 11) is 2.10. The van der Waals surface area contributed by atoms with Crippen molar-refractivity contribution >= 4 is 23.1 Å². The van der Waals surface area contributed by atoms with Crippen LogP contribution in [0.3, 0.4) is 0 Å². The molecule has 0 unspecified atom stereocenters. The van der Waals surface area contributed by atoms with Gasteiger partial charge in [0.2, 0.25) is 5.95 Å². The van der Waals surface area contributed by atoms with Gasteiger partial charge in [0.15, 0.2) is 5.60 Å². The van der Waals surface area contributed by atoms with Gasteiger partial charge in [-0.3, -0.25) is 4.90 Å². The number of anilines is 1. The van der Waals surface area contributed by atoms with E-state index in [-0.39, 0.29) is 12.4 Å². The van der Waals surface area contributed by atoms with E-state index in [0.29, 0.717) is 18.5 Å². The number of carbonyl (C=O) groups is 1. The molecule has 1 aliphatic carbocycles. The van der Waals surface area contributed by atoms with Crippen LogP contribution in [0.2, 0.25) is 0 Å². The Labute approximate surface area is 276 Å². The highest BCUT2D eigenvalue weighted by atomic mass is 19.1. The first-order valence-electron chi connectivity index (χ1n) is 16.7. The molecule has 0 radical (unpaired) electrons. The Morgan fingerprint density at radius 2 is 1.49 bits per heavy atom. The van der Waals surface area contributed by atoms with Crippen LogP contribution in [0.15, 0.2) is 97.1 Å². The summed E-state index contributed by atoms with van der Waals surface area (Å²) in [5, 5.41) is 2.91. The maximum atomic E-state index is 13.4. The Kier molecular flexibility index (Phi) is 8.45. The molecular formula is C39H42FN5O2. The fourth-order valence-corrected chi connectivity index (χ4v) is 7.73. The Bertz CT molecular complexity index is 1830. The Morgan fingerprint density at radius 1 is 0.872 bits per heavy atom. The quantitative estimate of drug-likeness (QED) is 0.170. The predicted octanol–water partition coefficient (Wildman–Crippen LogP) is 7.63. The number of carbonyl (C=O) groups excluding carboxylic acids is 1. The topological polar surface area (TPSA) is 62.6 Å². The average Bonchev–Trinajstić information content (AvgIpc) is 3.56. The molecule has 7 nitrogen and oxygen atoms in total. The number of halogens is 1. The second-order valence-electron chi connectivity index (χ2n) is 13.0. The lowest BCUT2D eigenvalue weighted by atomic mass is 9.86. The monoisotopic (exact) mass is 631 g/mol. The van der Waals surface area contributed by atoms with Crippen LogP contribution in [-0.2, 0) is 23.9 Å². The molecule has 4 aromatic carbocycles. The van der Waals surface area contributed by atoms with Gasteiger partial charge < -0.3 is 19.5 Å². The van der Waals surface area contributed by atoms with Crippen molar-refractivity contribution in [1.29, 1.82) is 0 Å². The van der Waals surface area contributed by atoms with Crippen molar-refractivity contribution in [2.75, 3.05) is 24.5 Å². The van der Waals surface area contributed by atoms with E-state index in [1.807, 2.05) is 30.3 Å². The largest absolute Gasteiger partial charge is 0.433 e.